The minimum Gasteiger partial charge on any atom is -0.304 e. The first-order valence-corrected chi connectivity index (χ1v) is 10.1. The van der Waals surface area contributed by atoms with Gasteiger partial charge in [0.05, 0.1) is 0 Å². The molecule has 0 atom stereocenters. The van der Waals surface area contributed by atoms with E-state index in [9.17, 15) is 0 Å². The van der Waals surface area contributed by atoms with Crippen LogP contribution in [0.5, 0.6) is 0 Å². The molecule has 1 radical (unpaired) electrons. The van der Waals surface area contributed by atoms with E-state index in [1.807, 2.05) is 6.20 Å². The molecular weight excluding hydrogens is 543 g/mol. The van der Waals surface area contributed by atoms with E-state index in [-0.39, 0.29) is 25.5 Å². The Morgan fingerprint density at radius 3 is 2.37 bits per heavy atom. The predicted octanol–water partition coefficient (Wildman–Crippen LogP) is 7.16. The van der Waals surface area contributed by atoms with Crippen molar-refractivity contribution in [3.63, 3.8) is 0 Å². The zero-order valence-electron chi connectivity index (χ0n) is 16.9. The van der Waals surface area contributed by atoms with Crippen LogP contribution in [0.2, 0.25) is 0 Å². The first kappa shape index (κ1) is 19.2. The molecule has 6 rings (SSSR count). The first-order valence-electron chi connectivity index (χ1n) is 10.1. The van der Waals surface area contributed by atoms with E-state index in [1.54, 1.807) is 0 Å². The van der Waals surface area contributed by atoms with E-state index in [0.29, 0.717) is 0 Å². The van der Waals surface area contributed by atoms with Crippen molar-refractivity contribution in [3.05, 3.63) is 102 Å². The molecule has 1 aliphatic rings. The minimum absolute atomic E-state index is 0. The number of nitrogens with zero attached hydrogens (tertiary/aromatic N) is 1. The molecule has 1 heterocycles. The van der Waals surface area contributed by atoms with Crippen LogP contribution < -0.4 is 0 Å². The van der Waals surface area contributed by atoms with Gasteiger partial charge in [-0.15, -0.1) is 29.1 Å². The van der Waals surface area contributed by atoms with Gasteiger partial charge >= 0.3 is 0 Å². The molecule has 0 saturated heterocycles. The summed E-state index contributed by atoms with van der Waals surface area (Å²) < 4.78 is 0. The fourth-order valence-corrected chi connectivity index (χ4v) is 4.99. The van der Waals surface area contributed by atoms with Crippen molar-refractivity contribution in [3.8, 4) is 22.4 Å². The Morgan fingerprint density at radius 2 is 1.53 bits per heavy atom. The van der Waals surface area contributed by atoms with E-state index in [0.717, 1.165) is 11.3 Å². The third-order valence-corrected chi connectivity index (χ3v) is 6.38. The number of fused-ring (bicyclic) bond motifs is 6. The van der Waals surface area contributed by atoms with Crippen molar-refractivity contribution < 1.29 is 20.1 Å². The van der Waals surface area contributed by atoms with Crippen molar-refractivity contribution >= 4 is 21.5 Å². The molecule has 0 aliphatic heterocycles. The van der Waals surface area contributed by atoms with Gasteiger partial charge in [-0.25, -0.2) is 0 Å². The van der Waals surface area contributed by atoms with Crippen molar-refractivity contribution in [2.45, 2.75) is 19.3 Å². The van der Waals surface area contributed by atoms with Crippen LogP contribution >= 0.6 is 0 Å². The van der Waals surface area contributed by atoms with Gasteiger partial charge in [0.2, 0.25) is 0 Å². The SMILES string of the molecule is CC1(C)c2ccc3ccccc3c2-c2ccnc(-c3[c-]cc4ccccc4c3)c21.[Ir]. The molecular formula is C28H20IrN-. The van der Waals surface area contributed by atoms with Gasteiger partial charge in [-0.2, -0.15) is 0 Å². The zero-order chi connectivity index (χ0) is 19.6. The molecule has 5 aromatic rings. The van der Waals surface area contributed by atoms with Crippen molar-refractivity contribution in [1.82, 2.24) is 4.98 Å². The summed E-state index contributed by atoms with van der Waals surface area (Å²) in [5, 5.41) is 5.03. The number of hydrogen-bond acceptors (Lipinski definition) is 1. The average Bonchev–Trinajstić information content (AvgIpc) is 3.01. The quantitative estimate of drug-likeness (QED) is 0.198. The summed E-state index contributed by atoms with van der Waals surface area (Å²) in [7, 11) is 0. The molecule has 147 valence electrons. The summed E-state index contributed by atoms with van der Waals surface area (Å²) in [5.41, 5.74) is 7.32. The van der Waals surface area contributed by atoms with E-state index in [2.05, 4.69) is 98.8 Å². The largest absolute Gasteiger partial charge is 0.304 e. The van der Waals surface area contributed by atoms with Crippen LogP contribution in [-0.4, -0.2) is 4.98 Å². The molecule has 1 aliphatic carbocycles. The van der Waals surface area contributed by atoms with Gasteiger partial charge in [0.25, 0.3) is 0 Å². The first-order chi connectivity index (χ1) is 14.1. The Balaban J connectivity index is 0.00000193. The summed E-state index contributed by atoms with van der Waals surface area (Å²) in [6, 6.07) is 31.6. The molecule has 0 unspecified atom stereocenters. The third-order valence-electron chi connectivity index (χ3n) is 6.38. The van der Waals surface area contributed by atoms with Gasteiger partial charge in [0.1, 0.15) is 0 Å². The smallest absolute Gasteiger partial charge is 0.0167 e. The Bertz CT molecular complexity index is 1430. The molecule has 0 N–H and O–H groups in total. The fraction of sp³-hybridized carbons (Fsp3) is 0.107. The van der Waals surface area contributed by atoms with E-state index in [4.69, 9.17) is 4.98 Å². The molecule has 1 nitrogen and oxygen atoms in total. The maximum absolute atomic E-state index is 4.85. The van der Waals surface area contributed by atoms with Crippen molar-refractivity contribution in [2.75, 3.05) is 0 Å². The van der Waals surface area contributed by atoms with Crippen LogP contribution in [0.3, 0.4) is 0 Å². The summed E-state index contributed by atoms with van der Waals surface area (Å²) in [5.74, 6) is 0. The van der Waals surface area contributed by atoms with Crippen molar-refractivity contribution in [2.24, 2.45) is 0 Å². The fourth-order valence-electron chi connectivity index (χ4n) is 4.99. The van der Waals surface area contributed by atoms with Gasteiger partial charge in [-0.1, -0.05) is 79.9 Å². The van der Waals surface area contributed by atoms with Crippen LogP contribution in [0.25, 0.3) is 43.9 Å². The average molecular weight is 563 g/mol. The number of rotatable bonds is 1. The topological polar surface area (TPSA) is 12.9 Å². The van der Waals surface area contributed by atoms with Gasteiger partial charge in [-0.05, 0) is 44.8 Å². The van der Waals surface area contributed by atoms with Crippen molar-refractivity contribution in [1.29, 1.82) is 0 Å². The second-order valence-corrected chi connectivity index (χ2v) is 8.39. The predicted molar refractivity (Wildman–Crippen MR) is 121 cm³/mol. The third kappa shape index (κ3) is 2.61. The van der Waals surface area contributed by atoms with Crippen LogP contribution in [0.15, 0.2) is 85.1 Å². The second kappa shape index (κ2) is 6.87. The number of pyridine rings is 1. The van der Waals surface area contributed by atoms with E-state index < -0.39 is 0 Å². The van der Waals surface area contributed by atoms with E-state index >= 15 is 0 Å². The molecule has 0 saturated carbocycles. The molecule has 30 heavy (non-hydrogen) atoms. The Hall–Kier alpha value is -2.80. The molecule has 0 bridgehead atoms. The standard InChI is InChI=1S/C28H20N.Ir/c1-28(2)24-14-13-19-8-5-6-10-22(19)25(24)23-15-16-29-27(26(23)28)21-12-11-18-7-3-4-9-20(18)17-21;/h3-11,13-17H,1-2H3;/q-1;. The Morgan fingerprint density at radius 1 is 0.800 bits per heavy atom. The number of hydrogen-bond donors (Lipinski definition) is 0. The maximum atomic E-state index is 4.85. The van der Waals surface area contributed by atoms with Crippen LogP contribution in [0, 0.1) is 6.07 Å². The van der Waals surface area contributed by atoms with Crippen LogP contribution in [0.1, 0.15) is 25.0 Å². The molecule has 1 aromatic heterocycles. The van der Waals surface area contributed by atoms with Crippen LogP contribution in [-0.2, 0) is 25.5 Å². The molecule has 0 amide bonds. The summed E-state index contributed by atoms with van der Waals surface area (Å²) in [6.45, 7) is 4.64. The Kier molecular flexibility index (Phi) is 4.39. The van der Waals surface area contributed by atoms with Gasteiger partial charge < -0.3 is 4.98 Å². The number of benzene rings is 4. The van der Waals surface area contributed by atoms with Gasteiger partial charge in [0, 0.05) is 31.7 Å². The molecule has 0 fully saturated rings. The Labute approximate surface area is 190 Å². The summed E-state index contributed by atoms with van der Waals surface area (Å²) >= 11 is 0. The molecule has 4 aromatic carbocycles. The zero-order valence-corrected chi connectivity index (χ0v) is 19.3. The minimum atomic E-state index is -0.113. The van der Waals surface area contributed by atoms with E-state index in [1.165, 1.54) is 43.8 Å². The summed E-state index contributed by atoms with van der Waals surface area (Å²) in [6.07, 6.45) is 1.95. The monoisotopic (exact) mass is 563 g/mol. The summed E-state index contributed by atoms with van der Waals surface area (Å²) in [4.78, 5) is 4.85. The molecule has 2 heteroatoms. The van der Waals surface area contributed by atoms with Gasteiger partial charge in [-0.3, -0.25) is 0 Å². The van der Waals surface area contributed by atoms with Gasteiger partial charge in [0.15, 0.2) is 0 Å². The maximum Gasteiger partial charge on any atom is 0.0167 e. The van der Waals surface area contributed by atoms with Crippen LogP contribution in [0.4, 0.5) is 0 Å². The second-order valence-electron chi connectivity index (χ2n) is 8.39. The number of aromatic nitrogens is 1. The molecule has 0 spiro atoms. The normalized spacial score (nSPS) is 13.7.